The highest BCUT2D eigenvalue weighted by Gasteiger charge is 2.16. The SMILES string of the molecule is CCC(NC(CC)c1cccs1)c1ccccc1. The van der Waals surface area contributed by atoms with Crippen LogP contribution in [0.2, 0.25) is 0 Å². The fraction of sp³-hybridized carbons (Fsp3) is 0.375. The average Bonchev–Trinajstić information content (AvgIpc) is 2.95. The largest absolute Gasteiger partial charge is 0.302 e. The van der Waals surface area contributed by atoms with Gasteiger partial charge >= 0.3 is 0 Å². The molecule has 2 rings (SSSR count). The minimum absolute atomic E-state index is 0.443. The Morgan fingerprint density at radius 2 is 1.67 bits per heavy atom. The molecule has 1 aromatic heterocycles. The summed E-state index contributed by atoms with van der Waals surface area (Å²) in [4.78, 5) is 1.44. The third-order valence-corrected chi connectivity index (χ3v) is 4.29. The molecule has 0 radical (unpaired) electrons. The van der Waals surface area contributed by atoms with E-state index in [2.05, 4.69) is 67.0 Å². The highest BCUT2D eigenvalue weighted by Crippen LogP contribution is 2.26. The average molecular weight is 259 g/mol. The molecule has 2 atom stereocenters. The summed E-state index contributed by atoms with van der Waals surface area (Å²) in [5.41, 5.74) is 1.38. The molecule has 96 valence electrons. The summed E-state index contributed by atoms with van der Waals surface area (Å²) in [6.45, 7) is 4.49. The molecule has 1 heterocycles. The highest BCUT2D eigenvalue weighted by atomic mass is 32.1. The number of thiophene rings is 1. The Morgan fingerprint density at radius 1 is 0.944 bits per heavy atom. The first-order valence-corrected chi connectivity index (χ1v) is 7.57. The van der Waals surface area contributed by atoms with Gasteiger partial charge in [-0.05, 0) is 29.9 Å². The van der Waals surface area contributed by atoms with Crippen LogP contribution in [0.15, 0.2) is 47.8 Å². The second-order valence-electron chi connectivity index (χ2n) is 4.51. The van der Waals surface area contributed by atoms with E-state index in [0.29, 0.717) is 12.1 Å². The zero-order chi connectivity index (χ0) is 12.8. The van der Waals surface area contributed by atoms with Crippen LogP contribution in [0.3, 0.4) is 0 Å². The molecule has 0 aliphatic heterocycles. The molecule has 2 unspecified atom stereocenters. The van der Waals surface area contributed by atoms with Crippen LogP contribution in [0.4, 0.5) is 0 Å². The van der Waals surface area contributed by atoms with Crippen LogP contribution in [0.25, 0.3) is 0 Å². The molecule has 2 heteroatoms. The van der Waals surface area contributed by atoms with Gasteiger partial charge in [-0.2, -0.15) is 0 Å². The Bertz CT molecular complexity index is 435. The van der Waals surface area contributed by atoms with E-state index in [1.807, 2.05) is 11.3 Å². The summed E-state index contributed by atoms with van der Waals surface area (Å²) in [5, 5.41) is 5.94. The van der Waals surface area contributed by atoms with Gasteiger partial charge in [0.15, 0.2) is 0 Å². The lowest BCUT2D eigenvalue weighted by molar-refractivity contribution is 0.430. The van der Waals surface area contributed by atoms with E-state index in [-0.39, 0.29) is 0 Å². The van der Waals surface area contributed by atoms with Gasteiger partial charge in [-0.1, -0.05) is 50.2 Å². The molecule has 1 aromatic carbocycles. The molecule has 0 aliphatic rings. The number of hydrogen-bond acceptors (Lipinski definition) is 2. The lowest BCUT2D eigenvalue weighted by Crippen LogP contribution is -2.25. The molecular weight excluding hydrogens is 238 g/mol. The van der Waals surface area contributed by atoms with E-state index in [1.54, 1.807) is 0 Å². The van der Waals surface area contributed by atoms with E-state index >= 15 is 0 Å². The number of hydrogen-bond donors (Lipinski definition) is 1. The first-order chi connectivity index (χ1) is 8.85. The van der Waals surface area contributed by atoms with E-state index in [9.17, 15) is 0 Å². The molecule has 0 saturated carbocycles. The maximum Gasteiger partial charge on any atom is 0.0417 e. The lowest BCUT2D eigenvalue weighted by Gasteiger charge is -2.24. The van der Waals surface area contributed by atoms with E-state index in [0.717, 1.165) is 12.8 Å². The fourth-order valence-corrected chi connectivity index (χ4v) is 3.14. The van der Waals surface area contributed by atoms with E-state index < -0.39 is 0 Å². The van der Waals surface area contributed by atoms with Crippen molar-refractivity contribution >= 4 is 11.3 Å². The van der Waals surface area contributed by atoms with Crippen LogP contribution in [-0.4, -0.2) is 0 Å². The number of rotatable bonds is 6. The van der Waals surface area contributed by atoms with Crippen molar-refractivity contribution in [3.8, 4) is 0 Å². The lowest BCUT2D eigenvalue weighted by atomic mass is 10.0. The highest BCUT2D eigenvalue weighted by molar-refractivity contribution is 7.10. The third kappa shape index (κ3) is 3.21. The standard InChI is InChI=1S/C16H21NS/c1-3-14(13-9-6-5-7-10-13)17-15(4-2)16-11-8-12-18-16/h5-12,14-15,17H,3-4H2,1-2H3. The fourth-order valence-electron chi connectivity index (χ4n) is 2.27. The van der Waals surface area contributed by atoms with Gasteiger partial charge in [0.2, 0.25) is 0 Å². The normalized spacial score (nSPS) is 14.3. The van der Waals surface area contributed by atoms with Gasteiger partial charge in [-0.15, -0.1) is 11.3 Å². The van der Waals surface area contributed by atoms with Crippen LogP contribution < -0.4 is 5.32 Å². The Labute approximate surface area is 114 Å². The van der Waals surface area contributed by atoms with Crippen LogP contribution in [0.5, 0.6) is 0 Å². The van der Waals surface area contributed by atoms with E-state index in [4.69, 9.17) is 0 Å². The first-order valence-electron chi connectivity index (χ1n) is 6.69. The van der Waals surface area contributed by atoms with Crippen molar-refractivity contribution in [3.05, 3.63) is 58.3 Å². The first kappa shape index (κ1) is 13.3. The van der Waals surface area contributed by atoms with Gasteiger partial charge in [-0.3, -0.25) is 0 Å². The summed E-state index contributed by atoms with van der Waals surface area (Å²) in [6, 6.07) is 16.0. The van der Waals surface area contributed by atoms with Crippen molar-refractivity contribution in [3.63, 3.8) is 0 Å². The van der Waals surface area contributed by atoms with Crippen LogP contribution in [0.1, 0.15) is 49.2 Å². The maximum absolute atomic E-state index is 3.78. The monoisotopic (exact) mass is 259 g/mol. The molecule has 0 fully saturated rings. The van der Waals surface area contributed by atoms with Gasteiger partial charge in [0.1, 0.15) is 0 Å². The van der Waals surface area contributed by atoms with Crippen molar-refractivity contribution in [1.29, 1.82) is 0 Å². The van der Waals surface area contributed by atoms with E-state index in [1.165, 1.54) is 10.4 Å². The molecule has 0 saturated heterocycles. The van der Waals surface area contributed by atoms with Crippen molar-refractivity contribution in [1.82, 2.24) is 5.32 Å². The summed E-state index contributed by atoms with van der Waals surface area (Å²) in [6.07, 6.45) is 2.25. The molecule has 0 amide bonds. The maximum atomic E-state index is 3.78. The predicted octanol–water partition coefficient (Wildman–Crippen LogP) is 4.94. The summed E-state index contributed by atoms with van der Waals surface area (Å²) in [7, 11) is 0. The topological polar surface area (TPSA) is 12.0 Å². The molecule has 0 spiro atoms. The zero-order valence-corrected chi connectivity index (χ0v) is 11.9. The molecular formula is C16H21NS. The Balaban J connectivity index is 2.10. The molecule has 0 bridgehead atoms. The Hall–Kier alpha value is -1.12. The van der Waals surface area contributed by atoms with Crippen molar-refractivity contribution in [2.75, 3.05) is 0 Å². The zero-order valence-electron chi connectivity index (χ0n) is 11.1. The minimum Gasteiger partial charge on any atom is -0.302 e. The van der Waals surface area contributed by atoms with Crippen LogP contribution in [0, 0.1) is 0 Å². The number of benzene rings is 1. The van der Waals surface area contributed by atoms with Crippen molar-refractivity contribution in [2.24, 2.45) is 0 Å². The smallest absolute Gasteiger partial charge is 0.0417 e. The number of nitrogens with one attached hydrogen (secondary N) is 1. The summed E-state index contributed by atoms with van der Waals surface area (Å²) < 4.78 is 0. The molecule has 0 aliphatic carbocycles. The minimum atomic E-state index is 0.443. The second kappa shape index (κ2) is 6.72. The van der Waals surface area contributed by atoms with Crippen molar-refractivity contribution in [2.45, 2.75) is 38.8 Å². The van der Waals surface area contributed by atoms with Crippen LogP contribution in [-0.2, 0) is 0 Å². The summed E-state index contributed by atoms with van der Waals surface area (Å²) in [5.74, 6) is 0. The van der Waals surface area contributed by atoms with Crippen LogP contribution >= 0.6 is 11.3 Å². The second-order valence-corrected chi connectivity index (χ2v) is 5.49. The predicted molar refractivity (Wildman–Crippen MR) is 80.0 cm³/mol. The third-order valence-electron chi connectivity index (χ3n) is 3.31. The van der Waals surface area contributed by atoms with Gasteiger partial charge < -0.3 is 5.32 Å². The molecule has 2 aromatic rings. The van der Waals surface area contributed by atoms with Gasteiger partial charge in [0, 0.05) is 17.0 Å². The summed E-state index contributed by atoms with van der Waals surface area (Å²) >= 11 is 1.84. The Kier molecular flexibility index (Phi) is 4.97. The molecule has 18 heavy (non-hydrogen) atoms. The quantitative estimate of drug-likeness (QED) is 0.774. The Morgan fingerprint density at radius 3 is 2.22 bits per heavy atom. The van der Waals surface area contributed by atoms with Gasteiger partial charge in [0.05, 0.1) is 0 Å². The molecule has 1 N–H and O–H groups in total. The molecule has 1 nitrogen and oxygen atoms in total. The van der Waals surface area contributed by atoms with Gasteiger partial charge in [0.25, 0.3) is 0 Å². The van der Waals surface area contributed by atoms with Gasteiger partial charge in [-0.25, -0.2) is 0 Å². The van der Waals surface area contributed by atoms with Crippen molar-refractivity contribution < 1.29 is 0 Å².